The van der Waals surface area contributed by atoms with Gasteiger partial charge in [0.1, 0.15) is 0 Å². The lowest BCUT2D eigenvalue weighted by molar-refractivity contribution is 0.0314. The van der Waals surface area contributed by atoms with Crippen LogP contribution < -0.4 is 10.5 Å². The van der Waals surface area contributed by atoms with Gasteiger partial charge in [-0.3, -0.25) is 9.80 Å². The first-order valence-electron chi connectivity index (χ1n) is 5.72. The highest BCUT2D eigenvalue weighted by Crippen LogP contribution is 2.14. The summed E-state index contributed by atoms with van der Waals surface area (Å²) in [5, 5.41) is 8.29. The second kappa shape index (κ2) is 4.97. The predicted octanol–water partition coefficient (Wildman–Crippen LogP) is -2.14. The van der Waals surface area contributed by atoms with Crippen molar-refractivity contribution >= 4 is 10.0 Å². The molecule has 2 aliphatic heterocycles. The Morgan fingerprint density at radius 3 is 2.44 bits per heavy atom. The van der Waals surface area contributed by atoms with E-state index in [9.17, 15) is 8.42 Å². The third-order valence-electron chi connectivity index (χ3n) is 3.30. The van der Waals surface area contributed by atoms with Crippen LogP contribution in [-0.4, -0.2) is 75.8 Å². The minimum absolute atomic E-state index is 0.0707. The molecular formula is C9H20N4O2S. The van der Waals surface area contributed by atoms with Gasteiger partial charge in [-0.15, -0.1) is 0 Å². The zero-order valence-corrected chi connectivity index (χ0v) is 10.2. The van der Waals surface area contributed by atoms with Gasteiger partial charge in [-0.2, -0.15) is 0 Å². The van der Waals surface area contributed by atoms with Gasteiger partial charge < -0.3 is 5.32 Å². The molecule has 0 aromatic rings. The van der Waals surface area contributed by atoms with Crippen molar-refractivity contribution in [2.24, 2.45) is 5.14 Å². The highest BCUT2D eigenvalue weighted by molar-refractivity contribution is 7.89. The van der Waals surface area contributed by atoms with Crippen LogP contribution >= 0.6 is 0 Å². The lowest BCUT2D eigenvalue weighted by Crippen LogP contribution is -2.63. The van der Waals surface area contributed by atoms with Gasteiger partial charge in [-0.05, 0) is 0 Å². The molecule has 2 aliphatic rings. The van der Waals surface area contributed by atoms with E-state index < -0.39 is 10.0 Å². The molecule has 0 atom stereocenters. The van der Waals surface area contributed by atoms with Gasteiger partial charge in [0.15, 0.2) is 0 Å². The van der Waals surface area contributed by atoms with Crippen LogP contribution in [0.5, 0.6) is 0 Å². The molecule has 2 saturated heterocycles. The van der Waals surface area contributed by atoms with Gasteiger partial charge in [0, 0.05) is 51.9 Å². The molecule has 0 spiro atoms. The summed E-state index contributed by atoms with van der Waals surface area (Å²) in [4.78, 5) is 4.63. The number of nitrogens with one attached hydrogen (secondary N) is 1. The summed E-state index contributed by atoms with van der Waals surface area (Å²) in [7, 11) is -3.30. The molecular weight excluding hydrogens is 228 g/mol. The van der Waals surface area contributed by atoms with Crippen molar-refractivity contribution in [3.05, 3.63) is 0 Å². The van der Waals surface area contributed by atoms with Crippen molar-refractivity contribution in [1.82, 2.24) is 15.1 Å². The van der Waals surface area contributed by atoms with E-state index >= 15 is 0 Å². The summed E-state index contributed by atoms with van der Waals surface area (Å²) in [6.07, 6.45) is 0. The van der Waals surface area contributed by atoms with Gasteiger partial charge in [0.25, 0.3) is 0 Å². The van der Waals surface area contributed by atoms with E-state index in [2.05, 4.69) is 15.1 Å². The number of primary sulfonamides is 1. The molecule has 7 heteroatoms. The van der Waals surface area contributed by atoms with Crippen molar-refractivity contribution in [2.45, 2.75) is 6.04 Å². The predicted molar refractivity (Wildman–Crippen MR) is 62.6 cm³/mol. The molecule has 0 amide bonds. The van der Waals surface area contributed by atoms with Crippen LogP contribution in [0.4, 0.5) is 0 Å². The summed E-state index contributed by atoms with van der Waals surface area (Å²) >= 11 is 0. The van der Waals surface area contributed by atoms with Gasteiger partial charge in [-0.25, -0.2) is 13.6 Å². The summed E-state index contributed by atoms with van der Waals surface area (Å²) < 4.78 is 21.6. The summed E-state index contributed by atoms with van der Waals surface area (Å²) in [6, 6.07) is 0.613. The molecule has 2 heterocycles. The van der Waals surface area contributed by atoms with Crippen LogP contribution in [0.2, 0.25) is 0 Å². The minimum Gasteiger partial charge on any atom is -0.314 e. The normalized spacial score (nSPS) is 25.6. The highest BCUT2D eigenvalue weighted by Gasteiger charge is 2.32. The molecule has 2 fully saturated rings. The van der Waals surface area contributed by atoms with E-state index in [4.69, 9.17) is 5.14 Å². The quantitative estimate of drug-likeness (QED) is 0.594. The van der Waals surface area contributed by atoms with E-state index in [1.54, 1.807) is 0 Å². The van der Waals surface area contributed by atoms with E-state index in [-0.39, 0.29) is 5.75 Å². The molecule has 0 unspecified atom stereocenters. The van der Waals surface area contributed by atoms with Crippen molar-refractivity contribution in [1.29, 1.82) is 0 Å². The second-order valence-electron chi connectivity index (χ2n) is 4.57. The van der Waals surface area contributed by atoms with Gasteiger partial charge in [-0.1, -0.05) is 0 Å². The van der Waals surface area contributed by atoms with Gasteiger partial charge in [0.05, 0.1) is 5.75 Å². The number of hydrogen-bond donors (Lipinski definition) is 2. The average Bonchev–Trinajstić information content (AvgIpc) is 2.15. The number of nitrogens with two attached hydrogens (primary N) is 1. The van der Waals surface area contributed by atoms with E-state index in [0.29, 0.717) is 12.6 Å². The Bertz CT molecular complexity index is 320. The average molecular weight is 248 g/mol. The lowest BCUT2D eigenvalue weighted by atomic mass is 10.1. The maximum atomic E-state index is 10.8. The molecule has 6 nitrogen and oxygen atoms in total. The minimum atomic E-state index is -3.30. The first-order valence-corrected chi connectivity index (χ1v) is 7.44. The van der Waals surface area contributed by atoms with Crippen LogP contribution in [0.3, 0.4) is 0 Å². The van der Waals surface area contributed by atoms with E-state index in [1.165, 1.54) is 0 Å². The lowest BCUT2D eigenvalue weighted by Gasteiger charge is -2.46. The van der Waals surface area contributed by atoms with Crippen LogP contribution in [0.15, 0.2) is 0 Å². The fourth-order valence-corrected chi connectivity index (χ4v) is 2.77. The fourth-order valence-electron chi connectivity index (χ4n) is 2.26. The van der Waals surface area contributed by atoms with Gasteiger partial charge >= 0.3 is 0 Å². The van der Waals surface area contributed by atoms with Gasteiger partial charge in [0.2, 0.25) is 10.0 Å². The Balaban J connectivity index is 1.65. The third-order valence-corrected chi connectivity index (χ3v) is 4.05. The van der Waals surface area contributed by atoms with E-state index in [1.807, 2.05) is 0 Å². The Morgan fingerprint density at radius 1 is 1.25 bits per heavy atom. The van der Waals surface area contributed by atoms with Crippen molar-refractivity contribution in [3.8, 4) is 0 Å². The molecule has 16 heavy (non-hydrogen) atoms. The summed E-state index contributed by atoms with van der Waals surface area (Å²) in [5.74, 6) is 0.0707. The van der Waals surface area contributed by atoms with Crippen LogP contribution in [0.1, 0.15) is 0 Å². The number of rotatable bonds is 4. The zero-order chi connectivity index (χ0) is 11.6. The molecule has 0 bridgehead atoms. The monoisotopic (exact) mass is 248 g/mol. The van der Waals surface area contributed by atoms with Crippen molar-refractivity contribution in [3.63, 3.8) is 0 Å². The first-order chi connectivity index (χ1) is 7.54. The molecule has 0 saturated carbocycles. The topological polar surface area (TPSA) is 78.7 Å². The summed E-state index contributed by atoms with van der Waals surface area (Å²) in [6.45, 7) is 6.87. The molecule has 3 N–H and O–H groups in total. The molecule has 0 radical (unpaired) electrons. The largest absolute Gasteiger partial charge is 0.314 e. The maximum Gasteiger partial charge on any atom is 0.210 e. The van der Waals surface area contributed by atoms with Crippen LogP contribution in [0.25, 0.3) is 0 Å². The van der Waals surface area contributed by atoms with Crippen molar-refractivity contribution in [2.75, 3.05) is 51.6 Å². The SMILES string of the molecule is NS(=O)(=O)CCN1CC(N2CCNCC2)C1. The number of piperazine rings is 1. The molecule has 0 aromatic carbocycles. The zero-order valence-electron chi connectivity index (χ0n) is 9.43. The maximum absolute atomic E-state index is 10.8. The third kappa shape index (κ3) is 3.39. The highest BCUT2D eigenvalue weighted by atomic mass is 32.2. The standard InChI is InChI=1S/C9H20N4O2S/c10-16(14,15)6-5-12-7-9(8-12)13-3-1-11-2-4-13/h9,11H,1-8H2,(H2,10,14,15). The molecule has 0 aromatic heterocycles. The number of likely N-dealkylation sites (tertiary alicyclic amines) is 1. The molecule has 0 aliphatic carbocycles. The summed E-state index contributed by atoms with van der Waals surface area (Å²) in [5.41, 5.74) is 0. The smallest absolute Gasteiger partial charge is 0.210 e. The Hall–Kier alpha value is -0.210. The number of hydrogen-bond acceptors (Lipinski definition) is 5. The Labute approximate surface area is 96.8 Å². The molecule has 2 rings (SSSR count). The second-order valence-corrected chi connectivity index (χ2v) is 6.30. The van der Waals surface area contributed by atoms with Crippen LogP contribution in [0, 0.1) is 0 Å². The van der Waals surface area contributed by atoms with Crippen LogP contribution in [-0.2, 0) is 10.0 Å². The van der Waals surface area contributed by atoms with E-state index in [0.717, 1.165) is 39.3 Å². The number of sulfonamides is 1. The molecule has 94 valence electrons. The fraction of sp³-hybridized carbons (Fsp3) is 1.00. The van der Waals surface area contributed by atoms with Crippen molar-refractivity contribution < 1.29 is 8.42 Å². The Kier molecular flexibility index (Phi) is 3.81. The number of nitrogens with zero attached hydrogens (tertiary/aromatic N) is 2. The first kappa shape index (κ1) is 12.3. The Morgan fingerprint density at radius 2 is 1.88 bits per heavy atom.